The number of hydrazone groups is 1. The van der Waals surface area contributed by atoms with E-state index in [4.69, 9.17) is 11.6 Å². The molecule has 1 N–H and O–H groups in total. The zero-order chi connectivity index (χ0) is 22.1. The summed E-state index contributed by atoms with van der Waals surface area (Å²) in [7, 11) is 2.06. The van der Waals surface area contributed by atoms with Gasteiger partial charge in [-0.1, -0.05) is 29.4 Å². The molecular weight excluding hydrogens is 418 g/mol. The standard InChI is InChI=1S/C22H26ClN5OS/c1-13-10-22(4,5)28(6)19-9-18(23)16(8-17(13)19)11-24-27-20(29)12-30-21-25-14(2)7-15(3)26-21/h7-11H,12H2,1-6H3,(H,27,29)/b24-11-. The number of anilines is 1. The van der Waals surface area contributed by atoms with E-state index in [1.54, 1.807) is 6.21 Å². The summed E-state index contributed by atoms with van der Waals surface area (Å²) in [6.07, 6.45) is 3.81. The number of hydrogen-bond donors (Lipinski definition) is 1. The van der Waals surface area contributed by atoms with E-state index >= 15 is 0 Å². The van der Waals surface area contributed by atoms with Crippen molar-refractivity contribution in [1.82, 2.24) is 15.4 Å². The molecule has 3 rings (SSSR count). The second-order valence-electron chi connectivity index (χ2n) is 7.95. The first kappa shape index (κ1) is 22.3. The molecule has 6 nitrogen and oxygen atoms in total. The molecule has 1 aromatic carbocycles. The summed E-state index contributed by atoms with van der Waals surface area (Å²) < 4.78 is 0. The first-order valence-corrected chi connectivity index (χ1v) is 11.0. The molecule has 0 aliphatic carbocycles. The average Bonchev–Trinajstić information content (AvgIpc) is 2.64. The smallest absolute Gasteiger partial charge is 0.250 e. The highest BCUT2D eigenvalue weighted by Gasteiger charge is 2.29. The Balaban J connectivity index is 1.66. The number of aromatic nitrogens is 2. The number of aryl methyl sites for hydroxylation is 2. The number of carbonyl (C=O) groups is 1. The lowest BCUT2D eigenvalue weighted by Gasteiger charge is -2.40. The number of allylic oxidation sites excluding steroid dienone is 1. The van der Waals surface area contributed by atoms with Gasteiger partial charge >= 0.3 is 0 Å². The van der Waals surface area contributed by atoms with Crippen molar-refractivity contribution in [1.29, 1.82) is 0 Å². The highest BCUT2D eigenvalue weighted by Crippen LogP contribution is 2.40. The number of hydrogen-bond acceptors (Lipinski definition) is 6. The van der Waals surface area contributed by atoms with Gasteiger partial charge in [0.05, 0.1) is 22.5 Å². The van der Waals surface area contributed by atoms with E-state index in [0.717, 1.165) is 28.2 Å². The Morgan fingerprint density at radius 3 is 2.57 bits per heavy atom. The lowest BCUT2D eigenvalue weighted by Crippen LogP contribution is -2.42. The zero-order valence-electron chi connectivity index (χ0n) is 18.1. The molecule has 8 heteroatoms. The minimum absolute atomic E-state index is 0.0821. The second kappa shape index (κ2) is 8.78. The Hall–Kier alpha value is -2.38. The van der Waals surface area contributed by atoms with Gasteiger partial charge in [-0.15, -0.1) is 0 Å². The third-order valence-electron chi connectivity index (χ3n) is 5.02. The van der Waals surface area contributed by atoms with Crippen LogP contribution in [-0.4, -0.2) is 40.4 Å². The number of fused-ring (bicyclic) bond motifs is 1. The summed E-state index contributed by atoms with van der Waals surface area (Å²) in [6.45, 7) is 10.2. The van der Waals surface area contributed by atoms with Crippen LogP contribution < -0.4 is 10.3 Å². The predicted molar refractivity (Wildman–Crippen MR) is 126 cm³/mol. The fraction of sp³-hybridized carbons (Fsp3) is 0.364. The van der Waals surface area contributed by atoms with Gasteiger partial charge in [-0.05, 0) is 58.4 Å². The Labute approximate surface area is 186 Å². The van der Waals surface area contributed by atoms with Crippen LogP contribution >= 0.6 is 23.4 Å². The van der Waals surface area contributed by atoms with Crippen LogP contribution in [0, 0.1) is 13.8 Å². The van der Waals surface area contributed by atoms with Gasteiger partial charge in [0.15, 0.2) is 5.16 Å². The summed E-state index contributed by atoms with van der Waals surface area (Å²) in [6, 6.07) is 5.85. The van der Waals surface area contributed by atoms with Gasteiger partial charge in [-0.2, -0.15) is 5.10 Å². The molecule has 158 valence electrons. The molecule has 2 heterocycles. The second-order valence-corrected chi connectivity index (χ2v) is 9.30. The van der Waals surface area contributed by atoms with Gasteiger partial charge in [0, 0.05) is 35.2 Å². The van der Waals surface area contributed by atoms with Crippen molar-refractivity contribution < 1.29 is 4.79 Å². The molecule has 30 heavy (non-hydrogen) atoms. The zero-order valence-corrected chi connectivity index (χ0v) is 19.6. The third kappa shape index (κ3) is 5.02. The number of thioether (sulfide) groups is 1. The molecule has 0 unspecified atom stereocenters. The Morgan fingerprint density at radius 1 is 1.23 bits per heavy atom. The molecule has 1 aliphatic heterocycles. The third-order valence-corrected chi connectivity index (χ3v) is 6.20. The van der Waals surface area contributed by atoms with Crippen LogP contribution in [0.2, 0.25) is 5.02 Å². The Bertz CT molecular complexity index is 1030. The molecule has 0 atom stereocenters. The lowest BCUT2D eigenvalue weighted by molar-refractivity contribution is -0.118. The monoisotopic (exact) mass is 443 g/mol. The summed E-state index contributed by atoms with van der Waals surface area (Å²) in [5.74, 6) is -0.0504. The van der Waals surface area contributed by atoms with Crippen molar-refractivity contribution >= 4 is 46.7 Å². The van der Waals surface area contributed by atoms with Crippen molar-refractivity contribution in [2.24, 2.45) is 5.10 Å². The van der Waals surface area contributed by atoms with E-state index in [-0.39, 0.29) is 17.2 Å². The van der Waals surface area contributed by atoms with Gasteiger partial charge in [-0.3, -0.25) is 4.79 Å². The minimum Gasteiger partial charge on any atom is -0.365 e. The van der Waals surface area contributed by atoms with Gasteiger partial charge in [-0.25, -0.2) is 15.4 Å². The molecule has 0 bridgehead atoms. The number of carbonyl (C=O) groups excluding carboxylic acids is 1. The van der Waals surface area contributed by atoms with Crippen LogP contribution in [0.3, 0.4) is 0 Å². The highest BCUT2D eigenvalue weighted by molar-refractivity contribution is 7.99. The van der Waals surface area contributed by atoms with E-state index in [9.17, 15) is 4.79 Å². The number of nitrogens with zero attached hydrogens (tertiary/aromatic N) is 4. The molecule has 0 saturated carbocycles. The van der Waals surface area contributed by atoms with Crippen molar-refractivity contribution in [2.45, 2.75) is 45.3 Å². The lowest BCUT2D eigenvalue weighted by atomic mass is 9.88. The number of halogens is 1. The fourth-order valence-electron chi connectivity index (χ4n) is 3.38. The summed E-state index contributed by atoms with van der Waals surface area (Å²) in [4.78, 5) is 22.9. The van der Waals surface area contributed by atoms with Gasteiger partial charge in [0.25, 0.3) is 5.91 Å². The molecule has 0 spiro atoms. The average molecular weight is 444 g/mol. The molecule has 0 saturated heterocycles. The number of rotatable bonds is 5. The van der Waals surface area contributed by atoms with Crippen LogP contribution in [0.4, 0.5) is 5.69 Å². The Morgan fingerprint density at radius 2 is 1.90 bits per heavy atom. The van der Waals surface area contributed by atoms with Crippen LogP contribution in [-0.2, 0) is 4.79 Å². The number of nitrogens with one attached hydrogen (secondary N) is 1. The molecule has 0 radical (unpaired) electrons. The molecule has 1 aliphatic rings. The van der Waals surface area contributed by atoms with Crippen molar-refractivity contribution in [3.05, 3.63) is 51.8 Å². The van der Waals surface area contributed by atoms with Gasteiger partial charge in [0.2, 0.25) is 0 Å². The van der Waals surface area contributed by atoms with Crippen molar-refractivity contribution in [2.75, 3.05) is 17.7 Å². The number of benzene rings is 1. The van der Waals surface area contributed by atoms with Crippen molar-refractivity contribution in [3.8, 4) is 0 Å². The molecule has 1 amide bonds. The molecule has 2 aromatic rings. The SMILES string of the molecule is CC1=CC(C)(C)N(C)c2cc(Cl)c(/C=N\NC(=O)CSc3nc(C)cc(C)n3)cc21. The first-order valence-electron chi connectivity index (χ1n) is 9.61. The predicted octanol–water partition coefficient (Wildman–Crippen LogP) is 4.62. The summed E-state index contributed by atoms with van der Waals surface area (Å²) in [5.41, 5.74) is 8.34. The number of likely N-dealkylation sites (N-methyl/N-ethyl adjacent to an activating group) is 1. The molecular formula is C22H26ClN5OS. The first-order chi connectivity index (χ1) is 14.1. The minimum atomic E-state index is -0.231. The van der Waals surface area contributed by atoms with Crippen LogP contribution in [0.25, 0.3) is 5.57 Å². The van der Waals surface area contributed by atoms with E-state index in [1.165, 1.54) is 17.3 Å². The van der Waals surface area contributed by atoms with E-state index in [2.05, 4.69) is 59.3 Å². The largest absolute Gasteiger partial charge is 0.365 e. The van der Waals surface area contributed by atoms with Crippen LogP contribution in [0.5, 0.6) is 0 Å². The van der Waals surface area contributed by atoms with Crippen molar-refractivity contribution in [3.63, 3.8) is 0 Å². The quantitative estimate of drug-likeness (QED) is 0.316. The maximum Gasteiger partial charge on any atom is 0.250 e. The molecule has 1 aromatic heterocycles. The maximum atomic E-state index is 12.1. The van der Waals surface area contributed by atoms with Gasteiger partial charge in [0.1, 0.15) is 0 Å². The number of amides is 1. The summed E-state index contributed by atoms with van der Waals surface area (Å²) >= 11 is 7.76. The van der Waals surface area contributed by atoms with E-state index < -0.39 is 0 Å². The highest BCUT2D eigenvalue weighted by atomic mass is 35.5. The van der Waals surface area contributed by atoms with Gasteiger partial charge < -0.3 is 4.90 Å². The van der Waals surface area contributed by atoms with E-state index in [0.29, 0.717) is 10.2 Å². The maximum absolute atomic E-state index is 12.1. The van der Waals surface area contributed by atoms with E-state index in [1.807, 2.05) is 32.0 Å². The Kier molecular flexibility index (Phi) is 6.53. The fourth-order valence-corrected chi connectivity index (χ4v) is 4.33. The topological polar surface area (TPSA) is 70.5 Å². The molecule has 0 fully saturated rings. The summed E-state index contributed by atoms with van der Waals surface area (Å²) in [5, 5.41) is 5.24. The van der Waals surface area contributed by atoms with Crippen LogP contribution in [0.1, 0.15) is 43.3 Å². The van der Waals surface area contributed by atoms with Crippen LogP contribution in [0.15, 0.2) is 34.5 Å². The normalized spacial score (nSPS) is 15.2.